The molecule has 0 aliphatic carbocycles. The van der Waals surface area contributed by atoms with Gasteiger partial charge < -0.3 is 11.1 Å². The van der Waals surface area contributed by atoms with E-state index in [1.165, 1.54) is 16.2 Å². The van der Waals surface area contributed by atoms with Crippen LogP contribution in [0.25, 0.3) is 0 Å². The van der Waals surface area contributed by atoms with Crippen LogP contribution in [0.5, 0.6) is 0 Å². The van der Waals surface area contributed by atoms with Gasteiger partial charge in [-0.2, -0.15) is 0 Å². The lowest BCUT2D eigenvalue weighted by atomic mass is 10.1. The highest BCUT2D eigenvalue weighted by atomic mass is 32.1. The molecule has 1 aromatic carbocycles. The Kier molecular flexibility index (Phi) is 5.15. The summed E-state index contributed by atoms with van der Waals surface area (Å²) < 4.78 is 0. The summed E-state index contributed by atoms with van der Waals surface area (Å²) in [5.74, 6) is 5.78. The van der Waals surface area contributed by atoms with Crippen molar-refractivity contribution in [2.24, 2.45) is 5.73 Å². The van der Waals surface area contributed by atoms with Gasteiger partial charge in [0.15, 0.2) is 0 Å². The summed E-state index contributed by atoms with van der Waals surface area (Å²) in [5.41, 5.74) is 8.46. The van der Waals surface area contributed by atoms with Crippen LogP contribution in [0.15, 0.2) is 30.3 Å². The van der Waals surface area contributed by atoms with Crippen molar-refractivity contribution in [1.82, 2.24) is 5.32 Å². The minimum absolute atomic E-state index is 0.0327. The van der Waals surface area contributed by atoms with Crippen molar-refractivity contribution in [2.75, 3.05) is 6.54 Å². The number of aryl methyl sites for hydroxylation is 2. The molecule has 1 heterocycles. The molecular formula is C17H18N2OS. The maximum Gasteiger partial charge on any atom is 0.261 e. The zero-order chi connectivity index (χ0) is 15.2. The largest absolute Gasteiger partial charge is 0.347 e. The van der Waals surface area contributed by atoms with Gasteiger partial charge in [-0.05, 0) is 43.2 Å². The molecule has 2 aromatic rings. The van der Waals surface area contributed by atoms with E-state index < -0.39 is 0 Å². The number of carbonyl (C=O) groups is 1. The number of amides is 1. The van der Waals surface area contributed by atoms with Gasteiger partial charge in [0.1, 0.15) is 0 Å². The third-order valence-electron chi connectivity index (χ3n) is 3.10. The van der Waals surface area contributed by atoms with Crippen molar-refractivity contribution >= 4 is 17.2 Å². The standard InChI is InChI=1S/C17H18N2OS/c1-12-9-16(21-13(12)2)17(20)19-11-15-6-3-5-14(10-15)7-4-8-18/h3,5-6,9-10H,8,11,18H2,1-2H3,(H,19,20). The zero-order valence-corrected chi connectivity index (χ0v) is 13.0. The van der Waals surface area contributed by atoms with Crippen LogP contribution in [-0.4, -0.2) is 12.5 Å². The van der Waals surface area contributed by atoms with Gasteiger partial charge in [0.25, 0.3) is 5.91 Å². The highest BCUT2D eigenvalue weighted by molar-refractivity contribution is 7.14. The number of carbonyl (C=O) groups excluding carboxylic acids is 1. The molecular weight excluding hydrogens is 280 g/mol. The molecule has 0 saturated carbocycles. The van der Waals surface area contributed by atoms with Crippen molar-refractivity contribution in [3.05, 3.63) is 56.8 Å². The first-order chi connectivity index (χ1) is 10.1. The molecule has 21 heavy (non-hydrogen) atoms. The van der Waals surface area contributed by atoms with Crippen molar-refractivity contribution in [2.45, 2.75) is 20.4 Å². The van der Waals surface area contributed by atoms with Crippen LogP contribution in [0.3, 0.4) is 0 Å². The fourth-order valence-electron chi connectivity index (χ4n) is 1.87. The summed E-state index contributed by atoms with van der Waals surface area (Å²) in [6, 6.07) is 9.73. The molecule has 3 N–H and O–H groups in total. The zero-order valence-electron chi connectivity index (χ0n) is 12.2. The van der Waals surface area contributed by atoms with Gasteiger partial charge in [0.2, 0.25) is 0 Å². The molecule has 108 valence electrons. The third kappa shape index (κ3) is 4.19. The fourth-order valence-corrected chi connectivity index (χ4v) is 2.82. The Morgan fingerprint density at radius 2 is 2.14 bits per heavy atom. The van der Waals surface area contributed by atoms with E-state index in [4.69, 9.17) is 5.73 Å². The summed E-state index contributed by atoms with van der Waals surface area (Å²) in [6.45, 7) is 4.88. The van der Waals surface area contributed by atoms with Crippen molar-refractivity contribution in [3.8, 4) is 11.8 Å². The first-order valence-corrected chi connectivity index (χ1v) is 7.55. The Balaban J connectivity index is 2.01. The SMILES string of the molecule is Cc1cc(C(=O)NCc2cccc(C#CCN)c2)sc1C. The first kappa shape index (κ1) is 15.3. The average Bonchev–Trinajstić information content (AvgIpc) is 2.83. The van der Waals surface area contributed by atoms with E-state index in [1.807, 2.05) is 44.2 Å². The topological polar surface area (TPSA) is 55.1 Å². The highest BCUT2D eigenvalue weighted by Crippen LogP contribution is 2.20. The summed E-state index contributed by atoms with van der Waals surface area (Å²) in [7, 11) is 0. The molecule has 0 radical (unpaired) electrons. The van der Waals surface area contributed by atoms with Crippen LogP contribution in [0.1, 0.15) is 31.2 Å². The molecule has 0 saturated heterocycles. The maximum atomic E-state index is 12.1. The number of thiophene rings is 1. The second-order valence-corrected chi connectivity index (χ2v) is 6.00. The molecule has 3 nitrogen and oxygen atoms in total. The Hall–Kier alpha value is -2.09. The van der Waals surface area contributed by atoms with Crippen molar-refractivity contribution in [3.63, 3.8) is 0 Å². The molecule has 0 bridgehead atoms. The van der Waals surface area contributed by atoms with E-state index in [0.29, 0.717) is 13.1 Å². The quantitative estimate of drug-likeness (QED) is 0.856. The molecule has 0 aliphatic rings. The first-order valence-electron chi connectivity index (χ1n) is 6.73. The van der Waals surface area contributed by atoms with Crippen LogP contribution >= 0.6 is 11.3 Å². The summed E-state index contributed by atoms with van der Waals surface area (Å²) in [6.07, 6.45) is 0. The summed E-state index contributed by atoms with van der Waals surface area (Å²) in [5, 5.41) is 2.94. The van der Waals surface area contributed by atoms with Crippen molar-refractivity contribution in [1.29, 1.82) is 0 Å². The van der Waals surface area contributed by atoms with Gasteiger partial charge in [0.05, 0.1) is 11.4 Å². The molecule has 4 heteroatoms. The second-order valence-electron chi connectivity index (χ2n) is 4.74. The number of nitrogens with two attached hydrogens (primary N) is 1. The van der Waals surface area contributed by atoms with Crippen LogP contribution in [0.2, 0.25) is 0 Å². The molecule has 0 aliphatic heterocycles. The van der Waals surface area contributed by atoms with Crippen molar-refractivity contribution < 1.29 is 4.79 Å². The number of benzene rings is 1. The normalized spacial score (nSPS) is 9.86. The molecule has 0 atom stereocenters. The molecule has 2 rings (SSSR count). The predicted octanol–water partition coefficient (Wildman–Crippen LogP) is 2.61. The van der Waals surface area contributed by atoms with E-state index in [1.54, 1.807) is 0 Å². The van der Waals surface area contributed by atoms with E-state index in [2.05, 4.69) is 17.2 Å². The molecule has 0 unspecified atom stereocenters. The van der Waals surface area contributed by atoms with E-state index in [-0.39, 0.29) is 5.91 Å². The molecule has 1 amide bonds. The number of nitrogens with one attached hydrogen (secondary N) is 1. The van der Waals surface area contributed by atoms with E-state index in [9.17, 15) is 4.79 Å². The highest BCUT2D eigenvalue weighted by Gasteiger charge is 2.09. The molecule has 0 spiro atoms. The lowest BCUT2D eigenvalue weighted by molar-refractivity contribution is 0.0955. The Morgan fingerprint density at radius 1 is 1.33 bits per heavy atom. The lowest BCUT2D eigenvalue weighted by Crippen LogP contribution is -2.21. The van der Waals surface area contributed by atoms with Gasteiger partial charge in [-0.1, -0.05) is 24.0 Å². The maximum absolute atomic E-state index is 12.1. The third-order valence-corrected chi connectivity index (χ3v) is 4.26. The van der Waals surface area contributed by atoms with Crippen LogP contribution < -0.4 is 11.1 Å². The van der Waals surface area contributed by atoms with Gasteiger partial charge >= 0.3 is 0 Å². The molecule has 1 aromatic heterocycles. The smallest absolute Gasteiger partial charge is 0.261 e. The van der Waals surface area contributed by atoms with Gasteiger partial charge in [-0.25, -0.2) is 0 Å². The number of hydrogen-bond acceptors (Lipinski definition) is 3. The monoisotopic (exact) mass is 298 g/mol. The van der Waals surface area contributed by atoms with Gasteiger partial charge in [-0.3, -0.25) is 4.79 Å². The van der Waals surface area contributed by atoms with Crippen LogP contribution in [0, 0.1) is 25.7 Å². The Labute approximate surface area is 129 Å². The lowest BCUT2D eigenvalue weighted by Gasteiger charge is -2.04. The van der Waals surface area contributed by atoms with Gasteiger partial charge in [-0.15, -0.1) is 11.3 Å². The fraction of sp³-hybridized carbons (Fsp3) is 0.235. The summed E-state index contributed by atoms with van der Waals surface area (Å²) in [4.78, 5) is 14.0. The minimum atomic E-state index is -0.0327. The Morgan fingerprint density at radius 3 is 2.81 bits per heavy atom. The Bertz CT molecular complexity index is 688. The van der Waals surface area contributed by atoms with Crippen LogP contribution in [0.4, 0.5) is 0 Å². The summed E-state index contributed by atoms with van der Waals surface area (Å²) >= 11 is 1.52. The van der Waals surface area contributed by atoms with Crippen LogP contribution in [-0.2, 0) is 6.54 Å². The number of hydrogen-bond donors (Lipinski definition) is 2. The minimum Gasteiger partial charge on any atom is -0.347 e. The van der Waals surface area contributed by atoms with E-state index >= 15 is 0 Å². The van der Waals surface area contributed by atoms with Gasteiger partial charge in [0, 0.05) is 17.0 Å². The number of rotatable bonds is 3. The predicted molar refractivity (Wildman–Crippen MR) is 87.3 cm³/mol. The average molecular weight is 298 g/mol. The second kappa shape index (κ2) is 7.07. The van der Waals surface area contributed by atoms with E-state index in [0.717, 1.165) is 21.6 Å². The molecule has 0 fully saturated rings.